The van der Waals surface area contributed by atoms with Gasteiger partial charge in [-0.25, -0.2) is 0 Å². The second-order valence-corrected chi connectivity index (χ2v) is 7.40. The molecule has 1 fully saturated rings. The van der Waals surface area contributed by atoms with Crippen LogP contribution >= 0.6 is 0 Å². The van der Waals surface area contributed by atoms with Gasteiger partial charge in [-0.2, -0.15) is 0 Å². The molecule has 1 aromatic rings. The molecule has 0 spiro atoms. The van der Waals surface area contributed by atoms with Crippen LogP contribution in [0.4, 0.5) is 0 Å². The van der Waals surface area contributed by atoms with Crippen LogP contribution in [-0.2, 0) is 25.7 Å². The van der Waals surface area contributed by atoms with E-state index < -0.39 is 16.4 Å². The zero-order chi connectivity index (χ0) is 17.3. The Labute approximate surface area is 138 Å². The third kappa shape index (κ3) is 3.12. The quantitative estimate of drug-likeness (QED) is 0.773. The summed E-state index contributed by atoms with van der Waals surface area (Å²) in [5, 5.41) is 0. The molecule has 0 N–H and O–H groups in total. The highest BCUT2D eigenvalue weighted by atomic mass is 16.6. The molecule has 23 heavy (non-hydrogen) atoms. The first kappa shape index (κ1) is 17.5. The first-order valence-electron chi connectivity index (χ1n) is 8.09. The highest BCUT2D eigenvalue weighted by molar-refractivity contribution is 5.83. The van der Waals surface area contributed by atoms with Crippen LogP contribution < -0.4 is 0 Å². The van der Waals surface area contributed by atoms with Gasteiger partial charge in [-0.05, 0) is 39.7 Å². The molecular formula is C19H26O4. The van der Waals surface area contributed by atoms with Crippen molar-refractivity contribution in [2.45, 2.75) is 59.7 Å². The maximum Gasteiger partial charge on any atom is 0.315 e. The van der Waals surface area contributed by atoms with Crippen LogP contribution in [0.2, 0.25) is 0 Å². The van der Waals surface area contributed by atoms with Gasteiger partial charge in [-0.15, -0.1) is 0 Å². The molecular weight excluding hydrogens is 292 g/mol. The van der Waals surface area contributed by atoms with E-state index in [1.54, 1.807) is 13.8 Å². The van der Waals surface area contributed by atoms with Gasteiger partial charge in [-0.3, -0.25) is 9.59 Å². The molecule has 0 aliphatic carbocycles. The number of benzene rings is 1. The first-order chi connectivity index (χ1) is 10.6. The highest BCUT2D eigenvalue weighted by Gasteiger charge is 2.60. The SMILES string of the molecule is CCC1(C)CC(C)(C(C)(C)C(=O)OCc2ccccc2)OC1=O. The van der Waals surface area contributed by atoms with Gasteiger partial charge in [0.05, 0.1) is 5.41 Å². The second kappa shape index (κ2) is 5.99. The minimum Gasteiger partial charge on any atom is -0.460 e. The van der Waals surface area contributed by atoms with Crippen LogP contribution in [0.25, 0.3) is 0 Å². The van der Waals surface area contributed by atoms with Crippen LogP contribution in [0, 0.1) is 10.8 Å². The van der Waals surface area contributed by atoms with Crippen molar-refractivity contribution in [3.05, 3.63) is 35.9 Å². The summed E-state index contributed by atoms with van der Waals surface area (Å²) in [6, 6.07) is 9.54. The van der Waals surface area contributed by atoms with Gasteiger partial charge in [0.1, 0.15) is 17.6 Å². The van der Waals surface area contributed by atoms with Crippen LogP contribution in [-0.4, -0.2) is 17.5 Å². The third-order valence-electron chi connectivity index (χ3n) is 5.36. The van der Waals surface area contributed by atoms with E-state index in [9.17, 15) is 9.59 Å². The van der Waals surface area contributed by atoms with E-state index in [0.717, 1.165) is 5.56 Å². The van der Waals surface area contributed by atoms with Crippen molar-refractivity contribution in [2.75, 3.05) is 0 Å². The Morgan fingerprint density at radius 1 is 1.26 bits per heavy atom. The number of rotatable bonds is 5. The Bertz CT molecular complexity index is 593. The summed E-state index contributed by atoms with van der Waals surface area (Å²) >= 11 is 0. The molecule has 1 aliphatic heterocycles. The van der Waals surface area contributed by atoms with Crippen molar-refractivity contribution >= 4 is 11.9 Å². The average Bonchev–Trinajstić information content (AvgIpc) is 2.77. The molecule has 0 amide bonds. The van der Waals surface area contributed by atoms with E-state index in [2.05, 4.69) is 0 Å². The van der Waals surface area contributed by atoms with Gasteiger partial charge >= 0.3 is 11.9 Å². The topological polar surface area (TPSA) is 52.6 Å². The number of esters is 2. The van der Waals surface area contributed by atoms with Gasteiger partial charge < -0.3 is 9.47 Å². The van der Waals surface area contributed by atoms with Crippen LogP contribution in [0.5, 0.6) is 0 Å². The number of hydrogen-bond donors (Lipinski definition) is 0. The van der Waals surface area contributed by atoms with E-state index in [0.29, 0.717) is 12.8 Å². The number of carbonyl (C=O) groups is 2. The minimum absolute atomic E-state index is 0.220. The van der Waals surface area contributed by atoms with E-state index in [-0.39, 0.29) is 18.5 Å². The molecule has 0 bridgehead atoms. The van der Waals surface area contributed by atoms with Gasteiger partial charge in [0.2, 0.25) is 0 Å². The van der Waals surface area contributed by atoms with E-state index in [1.165, 1.54) is 0 Å². The van der Waals surface area contributed by atoms with Crippen molar-refractivity contribution in [3.63, 3.8) is 0 Å². The average molecular weight is 318 g/mol. The predicted octanol–water partition coefficient (Wildman–Crippen LogP) is 3.88. The molecule has 1 saturated heterocycles. The second-order valence-electron chi connectivity index (χ2n) is 7.40. The van der Waals surface area contributed by atoms with Crippen LogP contribution in [0.15, 0.2) is 30.3 Å². The van der Waals surface area contributed by atoms with Gasteiger partial charge in [0.25, 0.3) is 0 Å². The largest absolute Gasteiger partial charge is 0.460 e. The Kier molecular flexibility index (Phi) is 4.56. The van der Waals surface area contributed by atoms with Gasteiger partial charge in [0, 0.05) is 6.42 Å². The summed E-state index contributed by atoms with van der Waals surface area (Å²) < 4.78 is 11.1. The minimum atomic E-state index is -0.912. The van der Waals surface area contributed by atoms with Gasteiger partial charge in [-0.1, -0.05) is 37.3 Å². The lowest BCUT2D eigenvalue weighted by molar-refractivity contribution is -0.177. The Hall–Kier alpha value is -1.84. The first-order valence-corrected chi connectivity index (χ1v) is 8.09. The maximum atomic E-state index is 12.6. The monoisotopic (exact) mass is 318 g/mol. The number of cyclic esters (lactones) is 1. The fraction of sp³-hybridized carbons (Fsp3) is 0.579. The molecule has 1 heterocycles. The lowest BCUT2D eigenvalue weighted by Gasteiger charge is -2.38. The van der Waals surface area contributed by atoms with Crippen molar-refractivity contribution in [1.29, 1.82) is 0 Å². The number of hydrogen-bond acceptors (Lipinski definition) is 4. The smallest absolute Gasteiger partial charge is 0.315 e. The highest BCUT2D eigenvalue weighted by Crippen LogP contribution is 2.51. The molecule has 1 aromatic carbocycles. The third-order valence-corrected chi connectivity index (χ3v) is 5.36. The molecule has 2 rings (SSSR count). The number of carbonyl (C=O) groups excluding carboxylic acids is 2. The molecule has 0 radical (unpaired) electrons. The molecule has 2 unspecified atom stereocenters. The van der Waals surface area contributed by atoms with E-state index in [4.69, 9.17) is 9.47 Å². The molecule has 126 valence electrons. The molecule has 4 heteroatoms. The van der Waals surface area contributed by atoms with Gasteiger partial charge in [0.15, 0.2) is 0 Å². The maximum absolute atomic E-state index is 12.6. The lowest BCUT2D eigenvalue weighted by Crippen LogP contribution is -2.48. The Morgan fingerprint density at radius 2 is 1.87 bits per heavy atom. The van der Waals surface area contributed by atoms with E-state index >= 15 is 0 Å². The molecule has 0 saturated carbocycles. The summed E-state index contributed by atoms with van der Waals surface area (Å²) in [5.74, 6) is -0.580. The predicted molar refractivity (Wildman–Crippen MR) is 87.5 cm³/mol. The summed E-state index contributed by atoms with van der Waals surface area (Å²) in [6.07, 6.45) is 1.21. The Balaban J connectivity index is 2.11. The number of ether oxygens (including phenoxy) is 2. The van der Waals surface area contributed by atoms with Crippen molar-refractivity contribution in [3.8, 4) is 0 Å². The molecule has 1 aliphatic rings. The summed E-state index contributed by atoms with van der Waals surface area (Å²) in [5.41, 5.74) is -1.37. The fourth-order valence-electron chi connectivity index (χ4n) is 2.92. The Morgan fingerprint density at radius 3 is 2.39 bits per heavy atom. The zero-order valence-electron chi connectivity index (χ0n) is 14.6. The van der Waals surface area contributed by atoms with Crippen molar-refractivity contribution in [1.82, 2.24) is 0 Å². The molecule has 0 aromatic heterocycles. The summed E-state index contributed by atoms with van der Waals surface area (Å²) in [4.78, 5) is 24.8. The fourth-order valence-corrected chi connectivity index (χ4v) is 2.92. The summed E-state index contributed by atoms with van der Waals surface area (Å²) in [6.45, 7) is 9.48. The van der Waals surface area contributed by atoms with Crippen molar-refractivity contribution in [2.24, 2.45) is 10.8 Å². The zero-order valence-corrected chi connectivity index (χ0v) is 14.6. The molecule has 2 atom stereocenters. The lowest BCUT2D eigenvalue weighted by atomic mass is 9.69. The van der Waals surface area contributed by atoms with E-state index in [1.807, 2.05) is 51.1 Å². The van der Waals surface area contributed by atoms with Crippen molar-refractivity contribution < 1.29 is 19.1 Å². The molecule has 4 nitrogen and oxygen atoms in total. The summed E-state index contributed by atoms with van der Waals surface area (Å²) in [7, 11) is 0. The normalized spacial score (nSPS) is 27.6. The van der Waals surface area contributed by atoms with Crippen LogP contribution in [0.3, 0.4) is 0 Å². The standard InChI is InChI=1S/C19H26O4/c1-6-18(4)13-19(5,23-16(18)21)17(2,3)15(20)22-12-14-10-8-7-9-11-14/h7-11H,6,12-13H2,1-5H3. The van der Waals surface area contributed by atoms with Crippen LogP contribution in [0.1, 0.15) is 53.0 Å².